The minimum Gasteiger partial charge on any atom is -0.447 e. The molecule has 69 valence electrons. The largest absolute Gasteiger partial charge is 0.447 e. The van der Waals surface area contributed by atoms with Crippen molar-refractivity contribution in [3.63, 3.8) is 0 Å². The van der Waals surface area contributed by atoms with Crippen LogP contribution >= 0.6 is 0 Å². The lowest BCUT2D eigenvalue weighted by molar-refractivity contribution is -0.180. The van der Waals surface area contributed by atoms with Crippen LogP contribution in [0.5, 0.6) is 0 Å². The summed E-state index contributed by atoms with van der Waals surface area (Å²) in [4.78, 5) is 21.3. The van der Waals surface area contributed by atoms with Crippen molar-refractivity contribution in [3.8, 4) is 0 Å². The van der Waals surface area contributed by atoms with E-state index in [1.807, 2.05) is 0 Å². The molecular weight excluding hydrogens is 160 g/mol. The molecule has 4 nitrogen and oxygen atoms in total. The molecule has 0 fully saturated rings. The predicted molar refractivity (Wildman–Crippen MR) is 40.7 cm³/mol. The molecule has 0 saturated carbocycles. The first-order valence-electron chi connectivity index (χ1n) is 3.71. The first-order chi connectivity index (χ1) is 5.27. The molecule has 0 amide bonds. The van der Waals surface area contributed by atoms with Gasteiger partial charge in [0, 0.05) is 0 Å². The Bertz CT molecular complexity index is 193. The summed E-state index contributed by atoms with van der Waals surface area (Å²) in [7, 11) is 0. The van der Waals surface area contributed by atoms with Gasteiger partial charge < -0.3 is 4.74 Å². The monoisotopic (exact) mass is 173 g/mol. The molecule has 0 aliphatic heterocycles. The van der Waals surface area contributed by atoms with Gasteiger partial charge in [0.1, 0.15) is 0 Å². The Balaban J connectivity index is 4.25. The molecule has 0 aliphatic carbocycles. The third kappa shape index (κ3) is 2.90. The maximum atomic E-state index is 10.9. The van der Waals surface area contributed by atoms with Crippen LogP contribution < -0.4 is 0 Å². The summed E-state index contributed by atoms with van der Waals surface area (Å²) >= 11 is 0. The van der Waals surface area contributed by atoms with Crippen molar-refractivity contribution in [1.29, 1.82) is 0 Å². The molecule has 4 heteroatoms. The highest BCUT2D eigenvalue weighted by atomic mass is 16.6. The van der Waals surface area contributed by atoms with Crippen LogP contribution in [0.15, 0.2) is 0 Å². The second-order valence-corrected chi connectivity index (χ2v) is 3.37. The first-order valence-corrected chi connectivity index (χ1v) is 3.71. The fourth-order valence-corrected chi connectivity index (χ4v) is 0.411. The number of hydrogen-bond acceptors (Lipinski definition) is 3. The van der Waals surface area contributed by atoms with Gasteiger partial charge in [-0.15, -0.1) is 0 Å². The van der Waals surface area contributed by atoms with Crippen LogP contribution in [0.3, 0.4) is 0 Å². The highest BCUT2D eigenvalue weighted by Crippen LogP contribution is 2.12. The molecular formula is C8H13O4. The van der Waals surface area contributed by atoms with Crippen LogP contribution in [0.1, 0.15) is 27.7 Å². The maximum Gasteiger partial charge on any atom is 0.398 e. The summed E-state index contributed by atoms with van der Waals surface area (Å²) in [6.07, 6.45) is 0. The van der Waals surface area contributed by atoms with Crippen molar-refractivity contribution < 1.29 is 19.4 Å². The summed E-state index contributed by atoms with van der Waals surface area (Å²) in [5.41, 5.74) is -1.54. The molecule has 0 rings (SSSR count). The third-order valence-electron chi connectivity index (χ3n) is 1.32. The Morgan fingerprint density at radius 1 is 1.25 bits per heavy atom. The van der Waals surface area contributed by atoms with Crippen LogP contribution in [-0.4, -0.2) is 17.5 Å². The van der Waals surface area contributed by atoms with Gasteiger partial charge in [-0.3, -0.25) is 4.79 Å². The van der Waals surface area contributed by atoms with E-state index in [1.54, 1.807) is 13.8 Å². The quantitative estimate of drug-likeness (QED) is 0.596. The van der Waals surface area contributed by atoms with Gasteiger partial charge >= 0.3 is 11.9 Å². The number of carbonyl (C=O) groups is 2. The minimum absolute atomic E-state index is 0.330. The van der Waals surface area contributed by atoms with E-state index in [0.29, 0.717) is 0 Å². The zero-order valence-electron chi connectivity index (χ0n) is 7.71. The van der Waals surface area contributed by atoms with E-state index in [4.69, 9.17) is 0 Å². The highest BCUT2D eigenvalue weighted by molar-refractivity contribution is 5.81. The van der Waals surface area contributed by atoms with Gasteiger partial charge in [-0.2, -0.15) is 0 Å². The standard InChI is InChI=1S/C8H13O4/c1-5(2)6(9)12-8(3,4)7(10)11/h5H,1-4H3. The number of ether oxygens (including phenoxy) is 1. The maximum absolute atomic E-state index is 10.9. The second kappa shape index (κ2) is 3.56. The summed E-state index contributed by atoms with van der Waals surface area (Å²) in [5.74, 6) is -2.26. The molecule has 0 bridgehead atoms. The topological polar surface area (TPSA) is 63.3 Å². The molecule has 0 aliphatic rings. The van der Waals surface area contributed by atoms with Crippen molar-refractivity contribution in [1.82, 2.24) is 0 Å². The molecule has 0 heterocycles. The fraction of sp³-hybridized carbons (Fsp3) is 0.750. The summed E-state index contributed by atoms with van der Waals surface area (Å²) in [5, 5.41) is 10.4. The molecule has 0 N–H and O–H groups in total. The molecule has 1 radical (unpaired) electrons. The van der Waals surface area contributed by atoms with Crippen LogP contribution in [0, 0.1) is 5.92 Å². The lowest BCUT2D eigenvalue weighted by atomic mass is 10.1. The second-order valence-electron chi connectivity index (χ2n) is 3.37. The lowest BCUT2D eigenvalue weighted by Gasteiger charge is -2.19. The Hall–Kier alpha value is -1.06. The average molecular weight is 173 g/mol. The van der Waals surface area contributed by atoms with Crippen molar-refractivity contribution >= 4 is 11.9 Å². The minimum atomic E-state index is -1.54. The molecule has 0 aromatic carbocycles. The zero-order valence-corrected chi connectivity index (χ0v) is 7.71. The molecule has 12 heavy (non-hydrogen) atoms. The van der Waals surface area contributed by atoms with E-state index in [-0.39, 0.29) is 5.92 Å². The van der Waals surface area contributed by atoms with E-state index in [1.165, 1.54) is 13.8 Å². The number of hydrogen-bond donors (Lipinski definition) is 0. The molecule has 0 unspecified atom stereocenters. The Labute approximate surface area is 71.5 Å². The van der Waals surface area contributed by atoms with Crippen LogP contribution in [0.2, 0.25) is 0 Å². The summed E-state index contributed by atoms with van der Waals surface area (Å²) in [6, 6.07) is 0. The van der Waals surface area contributed by atoms with Crippen molar-refractivity contribution in [3.05, 3.63) is 0 Å². The van der Waals surface area contributed by atoms with Crippen molar-refractivity contribution in [2.45, 2.75) is 33.3 Å². The molecule has 0 aromatic heterocycles. The number of rotatable bonds is 3. The van der Waals surface area contributed by atoms with Gasteiger partial charge in [0.15, 0.2) is 0 Å². The van der Waals surface area contributed by atoms with Crippen LogP contribution in [0.4, 0.5) is 0 Å². The number of esters is 1. The van der Waals surface area contributed by atoms with E-state index < -0.39 is 17.5 Å². The van der Waals surface area contributed by atoms with Crippen LogP contribution in [0.25, 0.3) is 0 Å². The summed E-state index contributed by atoms with van der Waals surface area (Å²) in [6.45, 7) is 5.83. The summed E-state index contributed by atoms with van der Waals surface area (Å²) < 4.78 is 4.66. The van der Waals surface area contributed by atoms with Gasteiger partial charge in [0.05, 0.1) is 5.92 Å². The Morgan fingerprint density at radius 2 is 1.67 bits per heavy atom. The molecule has 0 saturated heterocycles. The first kappa shape index (κ1) is 10.9. The fourth-order valence-electron chi connectivity index (χ4n) is 0.411. The number of carbonyl (C=O) groups excluding carboxylic acids is 2. The van der Waals surface area contributed by atoms with Gasteiger partial charge in [-0.05, 0) is 13.8 Å². The highest BCUT2D eigenvalue weighted by Gasteiger charge is 2.34. The molecule has 0 atom stereocenters. The van der Waals surface area contributed by atoms with E-state index in [9.17, 15) is 14.7 Å². The smallest absolute Gasteiger partial charge is 0.398 e. The van der Waals surface area contributed by atoms with E-state index in [0.717, 1.165) is 0 Å². The normalized spacial score (nSPS) is 11.4. The van der Waals surface area contributed by atoms with Gasteiger partial charge in [-0.1, -0.05) is 13.8 Å². The molecule has 0 spiro atoms. The zero-order chi connectivity index (χ0) is 9.94. The SMILES string of the molecule is CC(C)C(=O)OC(C)(C)C([O])=O. The van der Waals surface area contributed by atoms with Gasteiger partial charge in [0.25, 0.3) is 0 Å². The van der Waals surface area contributed by atoms with Gasteiger partial charge in [0.2, 0.25) is 5.60 Å². The van der Waals surface area contributed by atoms with Crippen molar-refractivity contribution in [2.24, 2.45) is 5.92 Å². The van der Waals surface area contributed by atoms with Crippen molar-refractivity contribution in [2.75, 3.05) is 0 Å². The predicted octanol–water partition coefficient (Wildman–Crippen LogP) is 0.921. The molecule has 0 aromatic rings. The Kier molecular flexibility index (Phi) is 3.24. The van der Waals surface area contributed by atoms with Gasteiger partial charge in [-0.25, -0.2) is 9.90 Å². The average Bonchev–Trinajstić information content (AvgIpc) is 1.85. The van der Waals surface area contributed by atoms with E-state index in [2.05, 4.69) is 4.74 Å². The van der Waals surface area contributed by atoms with Crippen LogP contribution in [-0.2, 0) is 19.4 Å². The van der Waals surface area contributed by atoms with E-state index >= 15 is 0 Å². The lowest BCUT2D eigenvalue weighted by Crippen LogP contribution is -2.37. The third-order valence-corrected chi connectivity index (χ3v) is 1.32. The Morgan fingerprint density at radius 3 is 1.92 bits per heavy atom.